The minimum atomic E-state index is 0.162. The van der Waals surface area contributed by atoms with E-state index in [0.29, 0.717) is 5.92 Å². The van der Waals surface area contributed by atoms with Crippen LogP contribution in [0.25, 0.3) is 0 Å². The van der Waals surface area contributed by atoms with Crippen LogP contribution in [0.3, 0.4) is 0 Å². The summed E-state index contributed by atoms with van der Waals surface area (Å²) in [6.07, 6.45) is 5.21. The summed E-state index contributed by atoms with van der Waals surface area (Å²) in [7, 11) is 3.94. The number of nitrogens with one attached hydrogen (secondary N) is 1. The summed E-state index contributed by atoms with van der Waals surface area (Å²) >= 11 is 0. The van der Waals surface area contributed by atoms with Crippen molar-refractivity contribution in [1.29, 1.82) is 0 Å². The van der Waals surface area contributed by atoms with Gasteiger partial charge in [0.2, 0.25) is 0 Å². The summed E-state index contributed by atoms with van der Waals surface area (Å²) < 4.78 is 9.81. The number of ether oxygens (including phenoxy) is 1. The molecule has 2 aromatic rings. The van der Waals surface area contributed by atoms with Gasteiger partial charge in [-0.05, 0) is 20.3 Å². The fraction of sp³-hybridized carbons (Fsp3) is 0.625. The van der Waals surface area contributed by atoms with Crippen LogP contribution in [0.2, 0.25) is 0 Å². The van der Waals surface area contributed by atoms with Crippen LogP contribution >= 0.6 is 0 Å². The number of rotatable bonds is 5. The van der Waals surface area contributed by atoms with Gasteiger partial charge in [-0.2, -0.15) is 10.2 Å². The highest BCUT2D eigenvalue weighted by molar-refractivity contribution is 5.28. The molecule has 6 heteroatoms. The van der Waals surface area contributed by atoms with Gasteiger partial charge in [-0.3, -0.25) is 9.36 Å². The smallest absolute Gasteiger partial charge is 0.0901 e. The van der Waals surface area contributed by atoms with Gasteiger partial charge in [0.15, 0.2) is 0 Å². The maximum absolute atomic E-state index is 6.02. The molecule has 1 fully saturated rings. The Hall–Kier alpha value is -1.66. The molecule has 1 saturated heterocycles. The van der Waals surface area contributed by atoms with E-state index in [4.69, 9.17) is 4.74 Å². The van der Waals surface area contributed by atoms with Gasteiger partial charge in [0.1, 0.15) is 0 Å². The molecule has 0 saturated carbocycles. The Bertz CT molecular complexity index is 645. The van der Waals surface area contributed by atoms with E-state index < -0.39 is 0 Å². The Morgan fingerprint density at radius 1 is 1.36 bits per heavy atom. The first-order chi connectivity index (χ1) is 10.6. The van der Waals surface area contributed by atoms with Crippen molar-refractivity contribution < 1.29 is 4.74 Å². The number of hydrogen-bond acceptors (Lipinski definition) is 4. The van der Waals surface area contributed by atoms with Crippen LogP contribution in [-0.4, -0.2) is 32.7 Å². The average Bonchev–Trinajstić information content (AvgIpc) is 3.14. The van der Waals surface area contributed by atoms with Crippen molar-refractivity contribution >= 4 is 0 Å². The first kappa shape index (κ1) is 15.2. The third kappa shape index (κ3) is 2.94. The lowest BCUT2D eigenvalue weighted by Crippen LogP contribution is -2.25. The van der Waals surface area contributed by atoms with Gasteiger partial charge in [-0.1, -0.05) is 0 Å². The van der Waals surface area contributed by atoms with Gasteiger partial charge in [-0.15, -0.1) is 0 Å². The molecular formula is C16H25N5O. The molecule has 22 heavy (non-hydrogen) atoms. The van der Waals surface area contributed by atoms with Gasteiger partial charge in [0.25, 0.3) is 0 Å². The van der Waals surface area contributed by atoms with Crippen LogP contribution in [-0.2, 0) is 25.4 Å². The molecule has 3 heterocycles. The van der Waals surface area contributed by atoms with Crippen molar-refractivity contribution in [2.24, 2.45) is 20.0 Å². The fourth-order valence-corrected chi connectivity index (χ4v) is 3.33. The number of aryl methyl sites for hydroxylation is 3. The lowest BCUT2D eigenvalue weighted by molar-refractivity contribution is 0.0893. The molecule has 1 aliphatic rings. The van der Waals surface area contributed by atoms with Crippen molar-refractivity contribution in [3.63, 3.8) is 0 Å². The summed E-state index contributed by atoms with van der Waals surface area (Å²) in [5.41, 5.74) is 4.78. The predicted octanol–water partition coefficient (Wildman–Crippen LogP) is 1.64. The van der Waals surface area contributed by atoms with Gasteiger partial charge in [0.05, 0.1) is 18.0 Å². The first-order valence-corrected chi connectivity index (χ1v) is 7.86. The number of aromatic nitrogens is 4. The van der Waals surface area contributed by atoms with Crippen molar-refractivity contribution in [1.82, 2.24) is 24.9 Å². The molecule has 1 N–H and O–H groups in total. The van der Waals surface area contributed by atoms with Crippen molar-refractivity contribution in [2.75, 3.05) is 13.2 Å². The Labute approximate surface area is 131 Å². The average molecular weight is 303 g/mol. The summed E-state index contributed by atoms with van der Waals surface area (Å²) in [6, 6.07) is 0. The molecule has 0 radical (unpaired) electrons. The predicted molar refractivity (Wildman–Crippen MR) is 84.4 cm³/mol. The van der Waals surface area contributed by atoms with Crippen molar-refractivity contribution in [2.45, 2.75) is 32.9 Å². The normalized spacial score (nSPS) is 21.6. The molecule has 0 aromatic carbocycles. The topological polar surface area (TPSA) is 56.9 Å². The molecule has 0 unspecified atom stereocenters. The lowest BCUT2D eigenvalue weighted by Gasteiger charge is -2.19. The second-order valence-corrected chi connectivity index (χ2v) is 6.20. The highest BCUT2D eigenvalue weighted by Crippen LogP contribution is 2.37. The van der Waals surface area contributed by atoms with Crippen molar-refractivity contribution in [3.05, 3.63) is 34.9 Å². The summed E-state index contributed by atoms with van der Waals surface area (Å²) in [6.45, 7) is 6.83. The SMILES string of the molecule is Cc1nn(C)c(C)c1[C@H]1OCC[C@H]1CNCc1cnn(C)c1. The molecule has 0 aliphatic carbocycles. The molecule has 0 amide bonds. The Morgan fingerprint density at radius 3 is 2.82 bits per heavy atom. The van der Waals surface area contributed by atoms with E-state index in [0.717, 1.165) is 31.8 Å². The lowest BCUT2D eigenvalue weighted by atomic mass is 9.94. The zero-order valence-electron chi connectivity index (χ0n) is 13.8. The van der Waals surface area contributed by atoms with E-state index in [-0.39, 0.29) is 6.10 Å². The standard InChI is InChI=1S/C16H25N5O/c1-11-15(12(2)21(4)19-11)16-14(5-6-22-16)9-17-7-13-8-18-20(3)10-13/h8,10,14,16-17H,5-7,9H2,1-4H3/t14-,16-/m0/s1. The number of hydrogen-bond donors (Lipinski definition) is 1. The van der Waals surface area contributed by atoms with Crippen LogP contribution in [0.1, 0.15) is 35.0 Å². The summed E-state index contributed by atoms with van der Waals surface area (Å²) in [4.78, 5) is 0. The van der Waals surface area contributed by atoms with E-state index in [1.54, 1.807) is 0 Å². The minimum absolute atomic E-state index is 0.162. The first-order valence-electron chi connectivity index (χ1n) is 7.86. The van der Waals surface area contributed by atoms with Gasteiger partial charge in [-0.25, -0.2) is 0 Å². The van der Waals surface area contributed by atoms with Crippen LogP contribution < -0.4 is 5.32 Å². The fourth-order valence-electron chi connectivity index (χ4n) is 3.33. The van der Waals surface area contributed by atoms with Crippen LogP contribution in [0.5, 0.6) is 0 Å². The zero-order chi connectivity index (χ0) is 15.7. The van der Waals surface area contributed by atoms with E-state index >= 15 is 0 Å². The maximum Gasteiger partial charge on any atom is 0.0901 e. The van der Waals surface area contributed by atoms with E-state index in [9.17, 15) is 0 Å². The second-order valence-electron chi connectivity index (χ2n) is 6.20. The quantitative estimate of drug-likeness (QED) is 0.912. The van der Waals surface area contributed by atoms with Gasteiger partial charge >= 0.3 is 0 Å². The maximum atomic E-state index is 6.02. The van der Waals surface area contributed by atoms with Gasteiger partial charge < -0.3 is 10.1 Å². The molecule has 0 spiro atoms. The molecule has 6 nitrogen and oxygen atoms in total. The molecular weight excluding hydrogens is 278 g/mol. The largest absolute Gasteiger partial charge is 0.373 e. The Kier molecular flexibility index (Phi) is 4.31. The molecule has 2 atom stereocenters. The third-order valence-corrected chi connectivity index (χ3v) is 4.56. The van der Waals surface area contributed by atoms with E-state index in [1.165, 1.54) is 16.8 Å². The number of nitrogens with zero attached hydrogens (tertiary/aromatic N) is 4. The van der Waals surface area contributed by atoms with Crippen molar-refractivity contribution in [3.8, 4) is 0 Å². The minimum Gasteiger partial charge on any atom is -0.373 e. The summed E-state index contributed by atoms with van der Waals surface area (Å²) in [5.74, 6) is 0.498. The monoisotopic (exact) mass is 303 g/mol. The van der Waals surface area contributed by atoms with Gasteiger partial charge in [0, 0.05) is 62.7 Å². The molecule has 2 aromatic heterocycles. The molecule has 0 bridgehead atoms. The Balaban J connectivity index is 1.63. The third-order valence-electron chi connectivity index (χ3n) is 4.56. The van der Waals surface area contributed by atoms with E-state index in [2.05, 4.69) is 29.4 Å². The van der Waals surface area contributed by atoms with Crippen LogP contribution in [0.4, 0.5) is 0 Å². The summed E-state index contributed by atoms with van der Waals surface area (Å²) in [5, 5.41) is 12.3. The van der Waals surface area contributed by atoms with Crippen LogP contribution in [0, 0.1) is 19.8 Å². The molecule has 3 rings (SSSR count). The second kappa shape index (κ2) is 6.22. The molecule has 1 aliphatic heterocycles. The highest BCUT2D eigenvalue weighted by atomic mass is 16.5. The molecule has 120 valence electrons. The Morgan fingerprint density at radius 2 is 2.18 bits per heavy atom. The van der Waals surface area contributed by atoms with Crippen LogP contribution in [0.15, 0.2) is 12.4 Å². The highest BCUT2D eigenvalue weighted by Gasteiger charge is 2.33. The zero-order valence-corrected chi connectivity index (χ0v) is 13.8. The van der Waals surface area contributed by atoms with E-state index in [1.807, 2.05) is 35.9 Å².